The van der Waals surface area contributed by atoms with Crippen LogP contribution in [0.15, 0.2) is 37.4 Å². The number of nitrogens with zero attached hydrogens (tertiary/aromatic N) is 3. The van der Waals surface area contributed by atoms with Gasteiger partial charge in [0, 0.05) is 18.0 Å². The molecule has 0 saturated carbocycles. The summed E-state index contributed by atoms with van der Waals surface area (Å²) in [5.74, 6) is -0.329. The van der Waals surface area contributed by atoms with E-state index in [4.69, 9.17) is 0 Å². The fraction of sp³-hybridized carbons (Fsp3) is 0.167. The fourth-order valence-electron chi connectivity index (χ4n) is 1.40. The monoisotopic (exact) mass is 217 g/mol. The fourth-order valence-corrected chi connectivity index (χ4v) is 1.40. The Morgan fingerprint density at radius 3 is 2.88 bits per heavy atom. The molecule has 2 aromatic heterocycles. The third-order valence-electron chi connectivity index (χ3n) is 2.23. The van der Waals surface area contributed by atoms with E-state index in [9.17, 15) is 4.39 Å². The highest BCUT2D eigenvalue weighted by atomic mass is 19.1. The lowest BCUT2D eigenvalue weighted by Crippen LogP contribution is -2.00. The van der Waals surface area contributed by atoms with E-state index in [2.05, 4.69) is 16.7 Å². The van der Waals surface area contributed by atoms with E-state index in [1.54, 1.807) is 17.1 Å². The Kier molecular flexibility index (Phi) is 2.81. The Morgan fingerprint density at radius 2 is 2.25 bits per heavy atom. The van der Waals surface area contributed by atoms with E-state index in [-0.39, 0.29) is 5.82 Å². The Hall–Kier alpha value is -1.97. The minimum Gasteiger partial charge on any atom is -0.268 e. The quantitative estimate of drug-likeness (QED) is 0.790. The largest absolute Gasteiger partial charge is 0.268 e. The van der Waals surface area contributed by atoms with E-state index < -0.39 is 0 Å². The van der Waals surface area contributed by atoms with Crippen LogP contribution in [0, 0.1) is 5.82 Å². The van der Waals surface area contributed by atoms with Gasteiger partial charge in [0.25, 0.3) is 0 Å². The standard InChI is InChI=1S/C12H12FN3/c1-9(2)11-5-15-16(8-11)7-10-3-12(13)6-14-4-10/h3-6,8H,1,7H2,2H3. The van der Waals surface area contributed by atoms with Crippen LogP contribution in [0.1, 0.15) is 18.1 Å². The molecule has 0 unspecified atom stereocenters. The minimum atomic E-state index is -0.329. The molecule has 0 aliphatic heterocycles. The zero-order chi connectivity index (χ0) is 11.5. The SMILES string of the molecule is C=C(C)c1cnn(Cc2cncc(F)c2)c1. The topological polar surface area (TPSA) is 30.7 Å². The molecule has 0 bridgehead atoms. The molecule has 0 aliphatic rings. The summed E-state index contributed by atoms with van der Waals surface area (Å²) in [5.41, 5.74) is 2.74. The number of hydrogen-bond donors (Lipinski definition) is 0. The van der Waals surface area contributed by atoms with Crippen LogP contribution in [0.3, 0.4) is 0 Å². The van der Waals surface area contributed by atoms with Gasteiger partial charge in [-0.15, -0.1) is 0 Å². The molecular weight excluding hydrogens is 205 g/mol. The van der Waals surface area contributed by atoms with Gasteiger partial charge in [-0.2, -0.15) is 5.10 Å². The van der Waals surface area contributed by atoms with E-state index in [0.29, 0.717) is 6.54 Å². The lowest BCUT2D eigenvalue weighted by atomic mass is 10.2. The average molecular weight is 217 g/mol. The van der Waals surface area contributed by atoms with Crippen molar-refractivity contribution >= 4 is 5.57 Å². The summed E-state index contributed by atoms with van der Waals surface area (Å²) in [6.07, 6.45) is 6.44. The molecule has 0 saturated heterocycles. The molecule has 4 heteroatoms. The van der Waals surface area contributed by atoms with Crippen molar-refractivity contribution in [1.82, 2.24) is 14.8 Å². The predicted octanol–water partition coefficient (Wildman–Crippen LogP) is 2.50. The van der Waals surface area contributed by atoms with Crippen LogP contribution >= 0.6 is 0 Å². The first-order chi connectivity index (χ1) is 7.65. The van der Waals surface area contributed by atoms with Crippen LogP contribution < -0.4 is 0 Å². The molecule has 16 heavy (non-hydrogen) atoms. The molecule has 0 amide bonds. The molecule has 2 aromatic rings. The molecule has 0 fully saturated rings. The van der Waals surface area contributed by atoms with Gasteiger partial charge < -0.3 is 0 Å². The Balaban J connectivity index is 2.17. The van der Waals surface area contributed by atoms with Crippen LogP contribution in [0.5, 0.6) is 0 Å². The molecule has 2 rings (SSSR count). The van der Waals surface area contributed by atoms with E-state index >= 15 is 0 Å². The Morgan fingerprint density at radius 1 is 1.44 bits per heavy atom. The third-order valence-corrected chi connectivity index (χ3v) is 2.23. The minimum absolute atomic E-state index is 0.329. The van der Waals surface area contributed by atoms with Gasteiger partial charge in [0.1, 0.15) is 5.82 Å². The number of pyridine rings is 1. The van der Waals surface area contributed by atoms with Crippen LogP contribution in [0.2, 0.25) is 0 Å². The highest BCUT2D eigenvalue weighted by molar-refractivity contribution is 5.59. The van der Waals surface area contributed by atoms with Gasteiger partial charge in [-0.05, 0) is 24.1 Å². The maximum absolute atomic E-state index is 12.9. The van der Waals surface area contributed by atoms with Crippen molar-refractivity contribution in [3.63, 3.8) is 0 Å². The van der Waals surface area contributed by atoms with Crippen molar-refractivity contribution in [2.24, 2.45) is 0 Å². The smallest absolute Gasteiger partial charge is 0.141 e. The van der Waals surface area contributed by atoms with Crippen LogP contribution in [0.4, 0.5) is 4.39 Å². The average Bonchev–Trinajstić information content (AvgIpc) is 2.66. The van der Waals surface area contributed by atoms with E-state index in [0.717, 1.165) is 16.7 Å². The van der Waals surface area contributed by atoms with Crippen molar-refractivity contribution in [3.8, 4) is 0 Å². The van der Waals surface area contributed by atoms with Gasteiger partial charge in [0.15, 0.2) is 0 Å². The number of allylic oxidation sites excluding steroid dienone is 1. The second-order valence-corrected chi connectivity index (χ2v) is 3.72. The molecule has 0 N–H and O–H groups in total. The summed E-state index contributed by atoms with van der Waals surface area (Å²) in [7, 11) is 0. The first-order valence-corrected chi connectivity index (χ1v) is 4.93. The first-order valence-electron chi connectivity index (χ1n) is 4.93. The van der Waals surface area contributed by atoms with Gasteiger partial charge in [0.2, 0.25) is 0 Å². The van der Waals surface area contributed by atoms with Gasteiger partial charge in [0.05, 0.1) is 18.9 Å². The maximum atomic E-state index is 12.9. The van der Waals surface area contributed by atoms with Crippen molar-refractivity contribution < 1.29 is 4.39 Å². The summed E-state index contributed by atoms with van der Waals surface area (Å²) in [5, 5.41) is 4.17. The summed E-state index contributed by atoms with van der Waals surface area (Å²) in [6.45, 7) is 6.27. The predicted molar refractivity (Wildman–Crippen MR) is 60.2 cm³/mol. The number of rotatable bonds is 3. The number of hydrogen-bond acceptors (Lipinski definition) is 2. The Bertz CT molecular complexity index is 516. The van der Waals surface area contributed by atoms with Crippen molar-refractivity contribution in [1.29, 1.82) is 0 Å². The lowest BCUT2D eigenvalue weighted by molar-refractivity contribution is 0.611. The molecule has 0 radical (unpaired) electrons. The summed E-state index contributed by atoms with van der Waals surface area (Å²) < 4.78 is 14.6. The zero-order valence-corrected chi connectivity index (χ0v) is 9.02. The van der Waals surface area contributed by atoms with Crippen LogP contribution in [0.25, 0.3) is 5.57 Å². The molecule has 0 aromatic carbocycles. The summed E-state index contributed by atoms with van der Waals surface area (Å²) in [6, 6.07) is 1.45. The highest BCUT2D eigenvalue weighted by Gasteiger charge is 2.01. The van der Waals surface area contributed by atoms with Crippen molar-refractivity contribution in [3.05, 3.63) is 54.4 Å². The van der Waals surface area contributed by atoms with Crippen molar-refractivity contribution in [2.75, 3.05) is 0 Å². The van der Waals surface area contributed by atoms with Gasteiger partial charge in [-0.3, -0.25) is 9.67 Å². The van der Waals surface area contributed by atoms with Gasteiger partial charge in [-0.1, -0.05) is 6.58 Å². The molecule has 0 atom stereocenters. The second kappa shape index (κ2) is 4.26. The molecular formula is C12H12FN3. The van der Waals surface area contributed by atoms with Crippen LogP contribution in [-0.2, 0) is 6.54 Å². The second-order valence-electron chi connectivity index (χ2n) is 3.72. The third kappa shape index (κ3) is 2.34. The normalized spacial score (nSPS) is 10.4. The number of halogens is 1. The maximum Gasteiger partial charge on any atom is 0.141 e. The molecule has 0 aliphatic carbocycles. The first kappa shape index (κ1) is 10.5. The highest BCUT2D eigenvalue weighted by Crippen LogP contribution is 2.10. The number of aromatic nitrogens is 3. The van der Waals surface area contributed by atoms with Gasteiger partial charge >= 0.3 is 0 Å². The molecule has 0 spiro atoms. The summed E-state index contributed by atoms with van der Waals surface area (Å²) >= 11 is 0. The van der Waals surface area contributed by atoms with E-state index in [1.807, 2.05) is 13.1 Å². The van der Waals surface area contributed by atoms with Gasteiger partial charge in [-0.25, -0.2) is 4.39 Å². The lowest BCUT2D eigenvalue weighted by Gasteiger charge is -2.00. The molecule has 3 nitrogen and oxygen atoms in total. The Labute approximate surface area is 93.3 Å². The van der Waals surface area contributed by atoms with Crippen LogP contribution in [-0.4, -0.2) is 14.8 Å². The zero-order valence-electron chi connectivity index (χ0n) is 9.02. The van der Waals surface area contributed by atoms with Crippen molar-refractivity contribution in [2.45, 2.75) is 13.5 Å². The summed E-state index contributed by atoms with van der Waals surface area (Å²) in [4.78, 5) is 3.79. The molecule has 82 valence electrons. The molecule has 2 heterocycles. The van der Waals surface area contributed by atoms with E-state index in [1.165, 1.54) is 12.3 Å².